The van der Waals surface area contributed by atoms with Crippen LogP contribution >= 0.6 is 0 Å². The number of rotatable bonds is 4. The van der Waals surface area contributed by atoms with Gasteiger partial charge in [-0.3, -0.25) is 4.79 Å². The van der Waals surface area contributed by atoms with Crippen molar-refractivity contribution in [2.45, 2.75) is 5.92 Å². The Morgan fingerprint density at radius 3 is 2.07 bits per heavy atom. The Kier molecular flexibility index (Phi) is 2.54. The van der Waals surface area contributed by atoms with Gasteiger partial charge in [0.05, 0.1) is 0 Å². The summed E-state index contributed by atoms with van der Waals surface area (Å²) in [4.78, 5) is 17.9. The molecule has 0 aliphatic carbocycles. The summed E-state index contributed by atoms with van der Waals surface area (Å²) in [5, 5.41) is 0. The van der Waals surface area contributed by atoms with E-state index in [1.165, 1.54) is 6.08 Å². The number of carbonyl (C=O) groups excluding carboxylic acids is 1. The number of ketones is 1. The van der Waals surface area contributed by atoms with E-state index >= 15 is 0 Å². The maximum atomic E-state index is 11.8. The van der Waals surface area contributed by atoms with Crippen LogP contribution in [-0.4, -0.2) is 15.8 Å². The molecule has 2 N–H and O–H groups in total. The Labute approximate surface area is 87.8 Å². The SMILES string of the molecule is C=CC(=O)C(c1ccc[nH]1)c1ccc[nH]1. The van der Waals surface area contributed by atoms with Gasteiger partial charge in [-0.1, -0.05) is 6.58 Å². The molecule has 76 valence electrons. The summed E-state index contributed by atoms with van der Waals surface area (Å²) >= 11 is 0. The summed E-state index contributed by atoms with van der Waals surface area (Å²) in [7, 11) is 0. The van der Waals surface area contributed by atoms with Crippen molar-refractivity contribution in [3.05, 3.63) is 60.7 Å². The second kappa shape index (κ2) is 4.00. The van der Waals surface area contributed by atoms with Gasteiger partial charge in [-0.15, -0.1) is 0 Å². The first kappa shape index (κ1) is 9.52. The fraction of sp³-hybridized carbons (Fsp3) is 0.0833. The van der Waals surface area contributed by atoms with Gasteiger partial charge in [0, 0.05) is 23.8 Å². The van der Waals surface area contributed by atoms with Crippen LogP contribution in [0.4, 0.5) is 0 Å². The highest BCUT2D eigenvalue weighted by molar-refractivity contribution is 5.96. The zero-order chi connectivity index (χ0) is 10.7. The molecule has 0 fully saturated rings. The van der Waals surface area contributed by atoms with Crippen molar-refractivity contribution in [2.75, 3.05) is 0 Å². The molecular formula is C12H12N2O. The minimum absolute atomic E-state index is 0.0140. The lowest BCUT2D eigenvalue weighted by molar-refractivity contribution is -0.115. The molecule has 0 radical (unpaired) electrons. The second-order valence-electron chi connectivity index (χ2n) is 3.29. The van der Waals surface area contributed by atoms with E-state index in [9.17, 15) is 4.79 Å². The quantitative estimate of drug-likeness (QED) is 0.730. The molecule has 0 aromatic carbocycles. The lowest BCUT2D eigenvalue weighted by Gasteiger charge is -2.10. The normalized spacial score (nSPS) is 10.5. The van der Waals surface area contributed by atoms with Crippen molar-refractivity contribution in [1.82, 2.24) is 9.97 Å². The fourth-order valence-corrected chi connectivity index (χ4v) is 1.64. The Morgan fingerprint density at radius 2 is 1.73 bits per heavy atom. The fourth-order valence-electron chi connectivity index (χ4n) is 1.64. The standard InChI is InChI=1S/C12H12N2O/c1-2-11(15)12(9-5-3-7-13-9)10-6-4-8-14-10/h2-8,12-14H,1H2. The number of hydrogen-bond donors (Lipinski definition) is 2. The van der Waals surface area contributed by atoms with Crippen LogP contribution < -0.4 is 0 Å². The molecule has 0 bridgehead atoms. The highest BCUT2D eigenvalue weighted by atomic mass is 16.1. The summed E-state index contributed by atoms with van der Waals surface area (Å²) in [6.07, 6.45) is 4.97. The maximum Gasteiger partial charge on any atom is 0.169 e. The van der Waals surface area contributed by atoms with Crippen LogP contribution in [0.25, 0.3) is 0 Å². The van der Waals surface area contributed by atoms with Gasteiger partial charge < -0.3 is 9.97 Å². The van der Waals surface area contributed by atoms with Gasteiger partial charge in [-0.2, -0.15) is 0 Å². The number of aromatic nitrogens is 2. The van der Waals surface area contributed by atoms with E-state index in [1.807, 2.05) is 36.7 Å². The Balaban J connectivity index is 2.41. The molecule has 2 rings (SSSR count). The molecule has 0 saturated carbocycles. The van der Waals surface area contributed by atoms with Crippen LogP contribution in [0, 0.1) is 0 Å². The molecule has 0 atom stereocenters. The van der Waals surface area contributed by atoms with Crippen molar-refractivity contribution in [3.8, 4) is 0 Å². The Morgan fingerprint density at radius 1 is 1.20 bits per heavy atom. The third kappa shape index (κ3) is 1.76. The van der Waals surface area contributed by atoms with Crippen molar-refractivity contribution >= 4 is 5.78 Å². The smallest absolute Gasteiger partial charge is 0.169 e. The topological polar surface area (TPSA) is 48.6 Å². The van der Waals surface area contributed by atoms with Gasteiger partial charge in [-0.25, -0.2) is 0 Å². The van der Waals surface area contributed by atoms with Crippen LogP contribution in [-0.2, 0) is 4.79 Å². The number of aromatic amines is 2. The molecule has 0 spiro atoms. The minimum atomic E-state index is -0.299. The molecule has 0 amide bonds. The van der Waals surface area contributed by atoms with Crippen molar-refractivity contribution < 1.29 is 4.79 Å². The Hall–Kier alpha value is -2.03. The van der Waals surface area contributed by atoms with E-state index < -0.39 is 0 Å². The predicted molar refractivity (Wildman–Crippen MR) is 58.6 cm³/mol. The lowest BCUT2D eigenvalue weighted by atomic mass is 9.97. The molecule has 0 aliphatic rings. The molecule has 0 aliphatic heterocycles. The van der Waals surface area contributed by atoms with Crippen molar-refractivity contribution in [1.29, 1.82) is 0 Å². The van der Waals surface area contributed by atoms with Gasteiger partial charge in [0.25, 0.3) is 0 Å². The summed E-state index contributed by atoms with van der Waals surface area (Å²) < 4.78 is 0. The highest BCUT2D eigenvalue weighted by Gasteiger charge is 2.21. The van der Waals surface area contributed by atoms with Crippen LogP contribution in [0.5, 0.6) is 0 Å². The molecule has 15 heavy (non-hydrogen) atoms. The first-order chi connectivity index (χ1) is 7.33. The third-order valence-electron chi connectivity index (χ3n) is 2.35. The first-order valence-corrected chi connectivity index (χ1v) is 4.76. The minimum Gasteiger partial charge on any atom is -0.364 e. The number of carbonyl (C=O) groups is 1. The molecular weight excluding hydrogens is 188 g/mol. The zero-order valence-electron chi connectivity index (χ0n) is 8.23. The summed E-state index contributed by atoms with van der Waals surface area (Å²) in [5.74, 6) is -0.313. The van der Waals surface area contributed by atoms with E-state index in [0.29, 0.717) is 0 Å². The van der Waals surface area contributed by atoms with E-state index in [1.54, 1.807) is 0 Å². The molecule has 2 aromatic heterocycles. The van der Waals surface area contributed by atoms with E-state index in [4.69, 9.17) is 0 Å². The number of nitrogens with one attached hydrogen (secondary N) is 2. The molecule has 3 heteroatoms. The summed E-state index contributed by atoms with van der Waals surface area (Å²) in [6, 6.07) is 7.54. The molecule has 2 heterocycles. The number of allylic oxidation sites excluding steroid dienone is 1. The highest BCUT2D eigenvalue weighted by Crippen LogP contribution is 2.23. The molecule has 0 unspecified atom stereocenters. The van der Waals surface area contributed by atoms with Crippen LogP contribution in [0.3, 0.4) is 0 Å². The number of hydrogen-bond acceptors (Lipinski definition) is 1. The molecule has 2 aromatic rings. The maximum absolute atomic E-state index is 11.8. The average molecular weight is 200 g/mol. The van der Waals surface area contributed by atoms with Gasteiger partial charge >= 0.3 is 0 Å². The van der Waals surface area contributed by atoms with Gasteiger partial charge in [0.15, 0.2) is 5.78 Å². The van der Waals surface area contributed by atoms with Crippen molar-refractivity contribution in [3.63, 3.8) is 0 Å². The van der Waals surface area contributed by atoms with Gasteiger partial charge in [0.1, 0.15) is 5.92 Å². The van der Waals surface area contributed by atoms with E-state index in [0.717, 1.165) is 11.4 Å². The monoisotopic (exact) mass is 200 g/mol. The molecule has 3 nitrogen and oxygen atoms in total. The largest absolute Gasteiger partial charge is 0.364 e. The van der Waals surface area contributed by atoms with Crippen LogP contribution in [0.15, 0.2) is 49.3 Å². The first-order valence-electron chi connectivity index (χ1n) is 4.76. The summed E-state index contributed by atoms with van der Waals surface area (Å²) in [6.45, 7) is 3.52. The molecule has 0 saturated heterocycles. The lowest BCUT2D eigenvalue weighted by Crippen LogP contribution is -2.12. The predicted octanol–water partition coefficient (Wildman–Crippen LogP) is 2.23. The zero-order valence-corrected chi connectivity index (χ0v) is 8.23. The van der Waals surface area contributed by atoms with E-state index in [-0.39, 0.29) is 11.7 Å². The van der Waals surface area contributed by atoms with Crippen LogP contribution in [0.1, 0.15) is 17.3 Å². The second-order valence-corrected chi connectivity index (χ2v) is 3.29. The van der Waals surface area contributed by atoms with Gasteiger partial charge in [-0.05, 0) is 30.3 Å². The average Bonchev–Trinajstić information content (AvgIpc) is 2.90. The third-order valence-corrected chi connectivity index (χ3v) is 2.35. The van der Waals surface area contributed by atoms with E-state index in [2.05, 4.69) is 16.5 Å². The summed E-state index contributed by atoms with van der Waals surface area (Å²) in [5.41, 5.74) is 1.75. The Bertz CT molecular complexity index is 406. The van der Waals surface area contributed by atoms with Crippen LogP contribution in [0.2, 0.25) is 0 Å². The van der Waals surface area contributed by atoms with Crippen molar-refractivity contribution in [2.24, 2.45) is 0 Å². The number of H-pyrrole nitrogens is 2. The van der Waals surface area contributed by atoms with Gasteiger partial charge in [0.2, 0.25) is 0 Å².